The molecule has 0 atom stereocenters. The predicted molar refractivity (Wildman–Crippen MR) is 97.0 cm³/mol. The van der Waals surface area contributed by atoms with Crippen LogP contribution in [-0.2, 0) is 27.2 Å². The van der Waals surface area contributed by atoms with Crippen LogP contribution in [0.2, 0.25) is 0 Å². The third-order valence-electron chi connectivity index (χ3n) is 3.24. The molecule has 0 spiro atoms. The van der Waals surface area contributed by atoms with Gasteiger partial charge in [0.15, 0.2) is 5.13 Å². The summed E-state index contributed by atoms with van der Waals surface area (Å²) in [7, 11) is 0. The number of esters is 1. The Labute approximate surface area is 157 Å². The predicted octanol–water partition coefficient (Wildman–Crippen LogP) is 2.93. The van der Waals surface area contributed by atoms with Crippen molar-refractivity contribution in [2.45, 2.75) is 26.2 Å². The number of anilines is 1. The second-order valence-corrected chi connectivity index (χ2v) is 6.84. The number of hydrogen-bond acceptors (Lipinski definition) is 9. The van der Waals surface area contributed by atoms with E-state index in [1.54, 1.807) is 23.6 Å². The molecular formula is C16H16N4O4S2. The van der Waals surface area contributed by atoms with Gasteiger partial charge < -0.3 is 14.6 Å². The van der Waals surface area contributed by atoms with E-state index in [0.29, 0.717) is 35.6 Å². The third-order valence-corrected chi connectivity index (χ3v) is 4.73. The van der Waals surface area contributed by atoms with Crippen molar-refractivity contribution in [1.29, 1.82) is 0 Å². The molecule has 8 nitrogen and oxygen atoms in total. The normalized spacial score (nSPS) is 10.7. The Balaban J connectivity index is 1.47. The van der Waals surface area contributed by atoms with E-state index in [2.05, 4.69) is 20.4 Å². The van der Waals surface area contributed by atoms with Gasteiger partial charge in [0.1, 0.15) is 0 Å². The van der Waals surface area contributed by atoms with Crippen molar-refractivity contribution in [3.05, 3.63) is 33.8 Å². The lowest BCUT2D eigenvalue weighted by molar-refractivity contribution is -0.142. The molecule has 136 valence electrons. The fourth-order valence-corrected chi connectivity index (χ4v) is 3.43. The third kappa shape index (κ3) is 4.96. The molecule has 3 aromatic heterocycles. The van der Waals surface area contributed by atoms with Gasteiger partial charge in [0.2, 0.25) is 17.6 Å². The summed E-state index contributed by atoms with van der Waals surface area (Å²) in [5, 5.41) is 12.6. The molecule has 0 saturated heterocycles. The van der Waals surface area contributed by atoms with E-state index in [0.717, 1.165) is 5.56 Å². The quantitative estimate of drug-likeness (QED) is 0.587. The first-order valence-corrected chi connectivity index (χ1v) is 9.71. The number of ether oxygens (including phenoxy) is 1. The SMILES string of the molecule is CCOC(=O)Cc1csc(NC(=O)CCc2nc(-c3ccsc3)no2)n1. The van der Waals surface area contributed by atoms with Crippen LogP contribution in [0.15, 0.2) is 26.7 Å². The number of aryl methyl sites for hydroxylation is 1. The Morgan fingerprint density at radius 2 is 2.19 bits per heavy atom. The summed E-state index contributed by atoms with van der Waals surface area (Å²) in [4.78, 5) is 31.9. The molecule has 0 aromatic carbocycles. The van der Waals surface area contributed by atoms with E-state index < -0.39 is 0 Å². The topological polar surface area (TPSA) is 107 Å². The molecule has 0 fully saturated rings. The molecule has 3 heterocycles. The number of carbonyl (C=O) groups is 2. The second kappa shape index (κ2) is 8.68. The van der Waals surface area contributed by atoms with Gasteiger partial charge >= 0.3 is 5.97 Å². The molecule has 3 rings (SSSR count). The second-order valence-electron chi connectivity index (χ2n) is 5.20. The van der Waals surface area contributed by atoms with Crippen molar-refractivity contribution in [2.75, 3.05) is 11.9 Å². The van der Waals surface area contributed by atoms with E-state index in [4.69, 9.17) is 9.26 Å². The maximum atomic E-state index is 12.0. The van der Waals surface area contributed by atoms with Crippen LogP contribution in [-0.4, -0.2) is 33.6 Å². The molecule has 0 saturated carbocycles. The fraction of sp³-hybridized carbons (Fsp3) is 0.312. The van der Waals surface area contributed by atoms with Crippen LogP contribution in [0.25, 0.3) is 11.4 Å². The minimum atomic E-state index is -0.339. The molecular weight excluding hydrogens is 376 g/mol. The molecule has 1 amide bonds. The molecule has 3 aromatic rings. The van der Waals surface area contributed by atoms with Crippen molar-refractivity contribution >= 4 is 39.7 Å². The van der Waals surface area contributed by atoms with Crippen molar-refractivity contribution in [3.8, 4) is 11.4 Å². The summed E-state index contributed by atoms with van der Waals surface area (Å²) in [6.07, 6.45) is 0.621. The number of hydrogen-bond donors (Lipinski definition) is 1. The summed E-state index contributed by atoms with van der Waals surface area (Å²) in [6.45, 7) is 2.08. The summed E-state index contributed by atoms with van der Waals surface area (Å²) in [6, 6.07) is 1.91. The molecule has 0 aliphatic rings. The maximum absolute atomic E-state index is 12.0. The number of thiazole rings is 1. The van der Waals surface area contributed by atoms with E-state index in [1.807, 2.05) is 16.8 Å². The molecule has 0 radical (unpaired) electrons. The van der Waals surface area contributed by atoms with Crippen molar-refractivity contribution in [2.24, 2.45) is 0 Å². The maximum Gasteiger partial charge on any atom is 0.311 e. The summed E-state index contributed by atoms with van der Waals surface area (Å²) in [5.41, 5.74) is 1.47. The number of nitrogens with zero attached hydrogens (tertiary/aromatic N) is 3. The lowest BCUT2D eigenvalue weighted by atomic mass is 10.3. The number of aromatic nitrogens is 3. The summed E-state index contributed by atoms with van der Waals surface area (Å²) in [5.74, 6) is 0.375. The highest BCUT2D eigenvalue weighted by Crippen LogP contribution is 2.19. The molecule has 1 N–H and O–H groups in total. The number of carbonyl (C=O) groups excluding carboxylic acids is 2. The van der Waals surface area contributed by atoms with E-state index in [-0.39, 0.29) is 24.7 Å². The highest BCUT2D eigenvalue weighted by molar-refractivity contribution is 7.14. The van der Waals surface area contributed by atoms with Crippen LogP contribution in [0.5, 0.6) is 0 Å². The van der Waals surface area contributed by atoms with E-state index in [9.17, 15) is 9.59 Å². The van der Waals surface area contributed by atoms with Crippen molar-refractivity contribution in [3.63, 3.8) is 0 Å². The number of nitrogens with one attached hydrogen (secondary N) is 1. The first kappa shape index (κ1) is 18.2. The zero-order valence-corrected chi connectivity index (χ0v) is 15.6. The van der Waals surface area contributed by atoms with Crippen molar-refractivity contribution < 1.29 is 18.8 Å². The first-order chi connectivity index (χ1) is 12.6. The van der Waals surface area contributed by atoms with Gasteiger partial charge in [0, 0.05) is 29.2 Å². The lowest BCUT2D eigenvalue weighted by Crippen LogP contribution is -2.12. The average molecular weight is 392 g/mol. The number of thiophene rings is 1. The van der Waals surface area contributed by atoms with Gasteiger partial charge in [-0.15, -0.1) is 11.3 Å². The highest BCUT2D eigenvalue weighted by Gasteiger charge is 2.13. The summed E-state index contributed by atoms with van der Waals surface area (Å²) >= 11 is 2.81. The zero-order chi connectivity index (χ0) is 18.4. The highest BCUT2D eigenvalue weighted by atomic mass is 32.1. The monoisotopic (exact) mass is 392 g/mol. The Bertz CT molecular complexity index is 873. The van der Waals surface area contributed by atoms with Gasteiger partial charge in [-0.3, -0.25) is 9.59 Å². The molecule has 0 bridgehead atoms. The standard InChI is InChI=1S/C16H16N4O4S2/c1-2-23-14(22)7-11-9-26-16(17-11)18-12(21)3-4-13-19-15(20-24-13)10-5-6-25-8-10/h5-6,8-9H,2-4,7H2,1H3,(H,17,18,21). The van der Waals surface area contributed by atoms with Crippen LogP contribution in [0.4, 0.5) is 5.13 Å². The van der Waals surface area contributed by atoms with Gasteiger partial charge in [-0.1, -0.05) is 5.16 Å². The summed E-state index contributed by atoms with van der Waals surface area (Å²) < 4.78 is 10.0. The van der Waals surface area contributed by atoms with Crippen LogP contribution in [0, 0.1) is 0 Å². The number of amides is 1. The average Bonchev–Trinajstić information content (AvgIpc) is 3.35. The Kier molecular flexibility index (Phi) is 6.08. The Hall–Kier alpha value is -2.59. The van der Waals surface area contributed by atoms with Gasteiger partial charge in [-0.2, -0.15) is 16.3 Å². The van der Waals surface area contributed by atoms with Gasteiger partial charge in [-0.25, -0.2) is 4.98 Å². The Morgan fingerprint density at radius 3 is 2.96 bits per heavy atom. The van der Waals surface area contributed by atoms with Crippen LogP contribution in [0.3, 0.4) is 0 Å². The molecule has 0 aliphatic carbocycles. The smallest absolute Gasteiger partial charge is 0.311 e. The number of rotatable bonds is 8. The zero-order valence-electron chi connectivity index (χ0n) is 13.9. The molecule has 0 aliphatic heterocycles. The van der Waals surface area contributed by atoms with Crippen LogP contribution >= 0.6 is 22.7 Å². The lowest BCUT2D eigenvalue weighted by Gasteiger charge is -2.00. The largest absolute Gasteiger partial charge is 0.466 e. The van der Waals surface area contributed by atoms with Crippen LogP contribution < -0.4 is 5.32 Å². The first-order valence-electron chi connectivity index (χ1n) is 7.89. The fourth-order valence-electron chi connectivity index (χ4n) is 2.07. The molecule has 26 heavy (non-hydrogen) atoms. The Morgan fingerprint density at radius 1 is 1.31 bits per heavy atom. The minimum absolute atomic E-state index is 0.0908. The van der Waals surface area contributed by atoms with Gasteiger partial charge in [0.05, 0.1) is 18.7 Å². The molecule has 10 heteroatoms. The van der Waals surface area contributed by atoms with Crippen LogP contribution in [0.1, 0.15) is 24.9 Å². The molecule has 0 unspecified atom stereocenters. The van der Waals surface area contributed by atoms with E-state index >= 15 is 0 Å². The van der Waals surface area contributed by atoms with Crippen molar-refractivity contribution in [1.82, 2.24) is 15.1 Å². The van der Waals surface area contributed by atoms with E-state index in [1.165, 1.54) is 11.3 Å². The van der Waals surface area contributed by atoms with Gasteiger partial charge in [0.25, 0.3) is 0 Å². The van der Waals surface area contributed by atoms with Gasteiger partial charge in [-0.05, 0) is 18.4 Å². The minimum Gasteiger partial charge on any atom is -0.466 e.